The van der Waals surface area contributed by atoms with Gasteiger partial charge in [0.25, 0.3) is 0 Å². The van der Waals surface area contributed by atoms with Gasteiger partial charge in [0.15, 0.2) is 0 Å². The lowest BCUT2D eigenvalue weighted by atomic mass is 9.92. The van der Waals surface area contributed by atoms with Crippen LogP contribution in [0.3, 0.4) is 0 Å². The predicted octanol–water partition coefficient (Wildman–Crippen LogP) is 3.72. The molecule has 0 saturated heterocycles. The van der Waals surface area contributed by atoms with Gasteiger partial charge in [-0.2, -0.15) is 0 Å². The van der Waals surface area contributed by atoms with Gasteiger partial charge in [-0.25, -0.2) is 0 Å². The molecule has 0 radical (unpaired) electrons. The Labute approximate surface area is 104 Å². The number of rotatable bonds is 2. The van der Waals surface area contributed by atoms with Crippen molar-refractivity contribution in [3.8, 4) is 11.5 Å². The van der Waals surface area contributed by atoms with E-state index in [1.807, 2.05) is 6.92 Å². The van der Waals surface area contributed by atoms with Gasteiger partial charge in [-0.15, -0.1) is 0 Å². The predicted molar refractivity (Wildman–Crippen MR) is 70.2 cm³/mol. The highest BCUT2D eigenvalue weighted by atomic mass is 16.5. The second-order valence-corrected chi connectivity index (χ2v) is 4.91. The van der Waals surface area contributed by atoms with E-state index >= 15 is 0 Å². The lowest BCUT2D eigenvalue weighted by Crippen LogP contribution is -2.21. The molecule has 0 bridgehead atoms. The fraction of sp³-hybridized carbons (Fsp3) is 0.600. The first-order chi connectivity index (χ1) is 8.06. The summed E-state index contributed by atoms with van der Waals surface area (Å²) >= 11 is 0. The average Bonchev–Trinajstić information content (AvgIpc) is 2.32. The van der Waals surface area contributed by atoms with Gasteiger partial charge >= 0.3 is 0 Å². The molecule has 1 aliphatic heterocycles. The average molecular weight is 234 g/mol. The van der Waals surface area contributed by atoms with E-state index in [2.05, 4.69) is 27.7 Å². The number of fused-ring (bicyclic) bond motifs is 1. The van der Waals surface area contributed by atoms with Gasteiger partial charge in [-0.3, -0.25) is 0 Å². The van der Waals surface area contributed by atoms with Crippen molar-refractivity contribution in [2.75, 3.05) is 6.61 Å². The molecule has 0 aromatic heterocycles. The van der Waals surface area contributed by atoms with E-state index in [1.165, 1.54) is 22.3 Å². The van der Waals surface area contributed by atoms with Gasteiger partial charge in [-0.1, -0.05) is 0 Å². The van der Waals surface area contributed by atoms with Crippen LogP contribution in [0.5, 0.6) is 11.5 Å². The van der Waals surface area contributed by atoms with Crippen LogP contribution in [-0.2, 0) is 6.42 Å². The molecule has 1 unspecified atom stereocenters. The molecule has 0 spiro atoms. The van der Waals surface area contributed by atoms with Crippen molar-refractivity contribution in [1.29, 1.82) is 0 Å². The third-order valence-corrected chi connectivity index (χ3v) is 3.72. The van der Waals surface area contributed by atoms with Crippen LogP contribution in [0.15, 0.2) is 0 Å². The number of hydrogen-bond acceptors (Lipinski definition) is 2. The van der Waals surface area contributed by atoms with Crippen LogP contribution < -0.4 is 9.47 Å². The largest absolute Gasteiger partial charge is 0.493 e. The zero-order chi connectivity index (χ0) is 12.6. The summed E-state index contributed by atoms with van der Waals surface area (Å²) in [5.74, 6) is 2.16. The Kier molecular flexibility index (Phi) is 3.32. The molecule has 2 heteroatoms. The molecular weight excluding hydrogens is 212 g/mol. The molecule has 2 rings (SSSR count). The van der Waals surface area contributed by atoms with Gasteiger partial charge < -0.3 is 9.47 Å². The van der Waals surface area contributed by atoms with E-state index in [0.717, 1.165) is 30.9 Å². The molecule has 1 aromatic carbocycles. The fourth-order valence-electron chi connectivity index (χ4n) is 2.58. The normalized spacial score (nSPS) is 18.5. The van der Waals surface area contributed by atoms with Crippen molar-refractivity contribution in [1.82, 2.24) is 0 Å². The van der Waals surface area contributed by atoms with Crippen LogP contribution in [0.25, 0.3) is 0 Å². The zero-order valence-corrected chi connectivity index (χ0v) is 11.5. The first-order valence-electron chi connectivity index (χ1n) is 6.48. The first kappa shape index (κ1) is 12.3. The van der Waals surface area contributed by atoms with Crippen molar-refractivity contribution in [2.45, 2.75) is 53.6 Å². The third-order valence-electron chi connectivity index (χ3n) is 3.72. The first-order valence-corrected chi connectivity index (χ1v) is 6.48. The topological polar surface area (TPSA) is 18.5 Å². The number of benzene rings is 1. The van der Waals surface area contributed by atoms with Crippen molar-refractivity contribution in [3.63, 3.8) is 0 Å². The Morgan fingerprint density at radius 1 is 1.18 bits per heavy atom. The van der Waals surface area contributed by atoms with E-state index in [4.69, 9.17) is 9.47 Å². The molecule has 0 amide bonds. The molecule has 1 atom stereocenters. The lowest BCUT2D eigenvalue weighted by molar-refractivity contribution is 0.189. The Morgan fingerprint density at radius 2 is 1.88 bits per heavy atom. The maximum atomic E-state index is 6.00. The van der Waals surface area contributed by atoms with Crippen LogP contribution in [-0.4, -0.2) is 12.7 Å². The van der Waals surface area contributed by atoms with Crippen molar-refractivity contribution >= 4 is 0 Å². The summed E-state index contributed by atoms with van der Waals surface area (Å²) in [6.07, 6.45) is 2.53. The van der Waals surface area contributed by atoms with Crippen molar-refractivity contribution in [2.24, 2.45) is 0 Å². The quantitative estimate of drug-likeness (QED) is 0.776. The molecule has 0 saturated carbocycles. The number of ether oxygens (including phenoxy) is 2. The summed E-state index contributed by atoms with van der Waals surface area (Å²) in [6, 6.07) is 0. The van der Waals surface area contributed by atoms with E-state index in [9.17, 15) is 0 Å². The Balaban J connectivity index is 2.58. The molecule has 94 valence electrons. The maximum Gasteiger partial charge on any atom is 0.126 e. The van der Waals surface area contributed by atoms with Crippen LogP contribution in [0.1, 0.15) is 42.5 Å². The van der Waals surface area contributed by atoms with E-state index in [0.29, 0.717) is 6.10 Å². The highest BCUT2D eigenvalue weighted by molar-refractivity contribution is 5.58. The molecule has 0 fully saturated rings. The maximum absolute atomic E-state index is 6.00. The van der Waals surface area contributed by atoms with E-state index in [-0.39, 0.29) is 0 Å². The molecule has 17 heavy (non-hydrogen) atoms. The van der Waals surface area contributed by atoms with Gasteiger partial charge in [0.2, 0.25) is 0 Å². The van der Waals surface area contributed by atoms with Crippen LogP contribution in [0, 0.1) is 20.8 Å². The summed E-state index contributed by atoms with van der Waals surface area (Å²) in [5.41, 5.74) is 5.06. The summed E-state index contributed by atoms with van der Waals surface area (Å²) in [5, 5.41) is 0. The Bertz CT molecular complexity index is 435. The minimum Gasteiger partial charge on any atom is -0.493 e. The summed E-state index contributed by atoms with van der Waals surface area (Å²) < 4.78 is 11.8. The molecule has 1 aromatic rings. The van der Waals surface area contributed by atoms with Crippen LogP contribution in [0.4, 0.5) is 0 Å². The number of hydrogen-bond donors (Lipinski definition) is 0. The minimum atomic E-state index is 0.331. The molecule has 1 aliphatic rings. The van der Waals surface area contributed by atoms with Crippen LogP contribution in [0.2, 0.25) is 0 Å². The van der Waals surface area contributed by atoms with Crippen molar-refractivity contribution in [3.05, 3.63) is 22.3 Å². The van der Waals surface area contributed by atoms with Crippen molar-refractivity contribution < 1.29 is 9.47 Å². The smallest absolute Gasteiger partial charge is 0.126 e. The Morgan fingerprint density at radius 3 is 2.53 bits per heavy atom. The summed E-state index contributed by atoms with van der Waals surface area (Å²) in [7, 11) is 0. The van der Waals surface area contributed by atoms with E-state index < -0.39 is 0 Å². The molecule has 0 aliphatic carbocycles. The second-order valence-electron chi connectivity index (χ2n) is 4.91. The minimum absolute atomic E-state index is 0.331. The molecular formula is C15H22O2. The second kappa shape index (κ2) is 4.59. The van der Waals surface area contributed by atoms with Gasteiger partial charge in [-0.05, 0) is 64.2 Å². The van der Waals surface area contributed by atoms with Gasteiger partial charge in [0.05, 0.1) is 12.7 Å². The summed E-state index contributed by atoms with van der Waals surface area (Å²) in [6.45, 7) is 11.3. The molecule has 2 nitrogen and oxygen atoms in total. The third kappa shape index (κ3) is 2.01. The van der Waals surface area contributed by atoms with Gasteiger partial charge in [0, 0.05) is 5.56 Å². The molecule has 1 heterocycles. The molecule has 0 N–H and O–H groups in total. The zero-order valence-electron chi connectivity index (χ0n) is 11.5. The Hall–Kier alpha value is -1.18. The monoisotopic (exact) mass is 234 g/mol. The van der Waals surface area contributed by atoms with Crippen LogP contribution >= 0.6 is 0 Å². The summed E-state index contributed by atoms with van der Waals surface area (Å²) in [4.78, 5) is 0. The SMILES string of the molecule is CCOc1c(C)c(C)c2c(c1C)CCC(C)O2. The highest BCUT2D eigenvalue weighted by Gasteiger charge is 2.24. The highest BCUT2D eigenvalue weighted by Crippen LogP contribution is 2.41. The lowest BCUT2D eigenvalue weighted by Gasteiger charge is -2.29. The fourth-order valence-corrected chi connectivity index (χ4v) is 2.58. The standard InChI is InChI=1S/C15H22O2/c1-6-16-14-10(3)11(4)15-13(12(14)5)8-7-9(2)17-15/h9H,6-8H2,1-5H3. The van der Waals surface area contributed by atoms with Gasteiger partial charge in [0.1, 0.15) is 11.5 Å². The van der Waals surface area contributed by atoms with E-state index in [1.54, 1.807) is 0 Å².